The molecule has 0 saturated heterocycles. The van der Waals surface area contributed by atoms with Gasteiger partial charge in [-0.05, 0) is 31.0 Å². The maximum absolute atomic E-state index is 12.6. The van der Waals surface area contributed by atoms with Gasteiger partial charge in [-0.25, -0.2) is 0 Å². The monoisotopic (exact) mass is 403 g/mol. The highest BCUT2D eigenvalue weighted by Gasteiger charge is 2.25. The summed E-state index contributed by atoms with van der Waals surface area (Å²) in [6.07, 6.45) is 0. The fourth-order valence-electron chi connectivity index (χ4n) is 2.38. The molecule has 1 atom stereocenters. The first-order valence-electron chi connectivity index (χ1n) is 7.86. The Balaban J connectivity index is 1.77. The molecule has 0 aliphatic rings. The van der Waals surface area contributed by atoms with Gasteiger partial charge in [0.05, 0.1) is 5.69 Å². The standard InChI is InChI=1S/C17H18BrN5O2/c1-9(2)15(17-19-10(3)23-25-17)20-16(24)14-8-13(21-22-14)11-4-6-12(18)7-5-11/h4-9,15H,1-3H3,(H,20,24)(H,21,22). The van der Waals surface area contributed by atoms with Crippen LogP contribution in [-0.4, -0.2) is 26.2 Å². The Kier molecular flexibility index (Phi) is 4.98. The topological polar surface area (TPSA) is 96.7 Å². The molecule has 1 aromatic carbocycles. The minimum absolute atomic E-state index is 0.0951. The van der Waals surface area contributed by atoms with Crippen LogP contribution in [0.3, 0.4) is 0 Å². The molecule has 0 radical (unpaired) electrons. The van der Waals surface area contributed by atoms with Crippen LogP contribution in [0, 0.1) is 12.8 Å². The number of rotatable bonds is 5. The number of halogens is 1. The van der Waals surface area contributed by atoms with E-state index >= 15 is 0 Å². The summed E-state index contributed by atoms with van der Waals surface area (Å²) >= 11 is 3.40. The molecule has 3 aromatic rings. The highest BCUT2D eigenvalue weighted by atomic mass is 79.9. The first-order chi connectivity index (χ1) is 11.9. The maximum Gasteiger partial charge on any atom is 0.269 e. The maximum atomic E-state index is 12.6. The predicted molar refractivity (Wildman–Crippen MR) is 95.8 cm³/mol. The van der Waals surface area contributed by atoms with Crippen molar-refractivity contribution >= 4 is 21.8 Å². The number of H-pyrrole nitrogens is 1. The number of aromatic amines is 1. The van der Waals surface area contributed by atoms with Gasteiger partial charge >= 0.3 is 0 Å². The zero-order valence-corrected chi connectivity index (χ0v) is 15.7. The highest BCUT2D eigenvalue weighted by Crippen LogP contribution is 2.22. The molecule has 2 heterocycles. The first kappa shape index (κ1) is 17.3. The van der Waals surface area contributed by atoms with E-state index in [4.69, 9.17) is 4.52 Å². The van der Waals surface area contributed by atoms with Crippen molar-refractivity contribution in [2.75, 3.05) is 0 Å². The number of nitrogens with one attached hydrogen (secondary N) is 2. The Hall–Kier alpha value is -2.48. The van der Waals surface area contributed by atoms with E-state index in [1.54, 1.807) is 13.0 Å². The molecule has 0 saturated carbocycles. The fourth-order valence-corrected chi connectivity index (χ4v) is 2.64. The van der Waals surface area contributed by atoms with Gasteiger partial charge in [-0.2, -0.15) is 10.1 Å². The van der Waals surface area contributed by atoms with E-state index in [1.165, 1.54) is 0 Å². The Morgan fingerprint density at radius 2 is 2.00 bits per heavy atom. The Labute approximate surface area is 153 Å². The Morgan fingerprint density at radius 1 is 1.28 bits per heavy atom. The molecule has 8 heteroatoms. The molecule has 7 nitrogen and oxygen atoms in total. The van der Waals surface area contributed by atoms with Gasteiger partial charge in [0, 0.05) is 10.0 Å². The van der Waals surface area contributed by atoms with Crippen LogP contribution in [0.5, 0.6) is 0 Å². The van der Waals surface area contributed by atoms with Gasteiger partial charge in [-0.15, -0.1) is 0 Å². The van der Waals surface area contributed by atoms with Gasteiger partial charge in [-0.3, -0.25) is 9.89 Å². The van der Waals surface area contributed by atoms with Gasteiger partial charge in [0.25, 0.3) is 5.91 Å². The number of carbonyl (C=O) groups excluding carboxylic acids is 1. The van der Waals surface area contributed by atoms with Gasteiger partial charge < -0.3 is 9.84 Å². The van der Waals surface area contributed by atoms with Crippen LogP contribution in [0.15, 0.2) is 39.3 Å². The van der Waals surface area contributed by atoms with E-state index in [9.17, 15) is 4.79 Å². The van der Waals surface area contributed by atoms with Gasteiger partial charge in [-0.1, -0.05) is 47.1 Å². The molecule has 0 bridgehead atoms. The summed E-state index contributed by atoms with van der Waals surface area (Å²) in [7, 11) is 0. The average molecular weight is 404 g/mol. The lowest BCUT2D eigenvalue weighted by Crippen LogP contribution is -2.32. The molecule has 25 heavy (non-hydrogen) atoms. The van der Waals surface area contributed by atoms with Gasteiger partial charge in [0.2, 0.25) is 5.89 Å². The number of amides is 1. The zero-order chi connectivity index (χ0) is 18.0. The molecule has 3 rings (SSSR count). The van der Waals surface area contributed by atoms with E-state index in [-0.39, 0.29) is 17.9 Å². The van der Waals surface area contributed by atoms with Crippen molar-refractivity contribution in [3.05, 3.63) is 52.2 Å². The van der Waals surface area contributed by atoms with Crippen molar-refractivity contribution in [3.8, 4) is 11.3 Å². The summed E-state index contributed by atoms with van der Waals surface area (Å²) in [6, 6.07) is 9.07. The van der Waals surface area contributed by atoms with Crippen molar-refractivity contribution in [2.45, 2.75) is 26.8 Å². The Morgan fingerprint density at radius 3 is 2.60 bits per heavy atom. The van der Waals surface area contributed by atoms with Crippen molar-refractivity contribution < 1.29 is 9.32 Å². The summed E-state index contributed by atoms with van der Waals surface area (Å²) in [5.41, 5.74) is 2.00. The lowest BCUT2D eigenvalue weighted by atomic mass is 10.0. The van der Waals surface area contributed by atoms with E-state index in [0.717, 1.165) is 10.0 Å². The molecule has 0 spiro atoms. The summed E-state index contributed by atoms with van der Waals surface area (Å²) < 4.78 is 6.19. The second-order valence-electron chi connectivity index (χ2n) is 6.05. The van der Waals surface area contributed by atoms with Gasteiger partial charge in [0.1, 0.15) is 11.7 Å². The second kappa shape index (κ2) is 7.18. The van der Waals surface area contributed by atoms with Crippen molar-refractivity contribution in [1.82, 2.24) is 25.7 Å². The quantitative estimate of drug-likeness (QED) is 0.677. The summed E-state index contributed by atoms with van der Waals surface area (Å²) in [4.78, 5) is 16.8. The third-order valence-corrected chi connectivity index (χ3v) is 4.25. The minimum atomic E-state index is -0.367. The van der Waals surface area contributed by atoms with Gasteiger partial charge in [0.15, 0.2) is 5.82 Å². The predicted octanol–water partition coefficient (Wildman–Crippen LogP) is 3.66. The summed E-state index contributed by atoms with van der Waals surface area (Å²) in [5, 5.41) is 13.7. The molecular weight excluding hydrogens is 386 g/mol. The second-order valence-corrected chi connectivity index (χ2v) is 6.96. The number of nitrogens with zero attached hydrogens (tertiary/aromatic N) is 3. The molecule has 0 fully saturated rings. The number of aromatic nitrogens is 4. The average Bonchev–Trinajstić information content (AvgIpc) is 3.22. The number of hydrogen-bond acceptors (Lipinski definition) is 5. The molecule has 0 aliphatic carbocycles. The number of benzene rings is 1. The van der Waals surface area contributed by atoms with Crippen molar-refractivity contribution in [2.24, 2.45) is 5.92 Å². The first-order valence-corrected chi connectivity index (χ1v) is 8.65. The van der Waals surface area contributed by atoms with Crippen molar-refractivity contribution in [3.63, 3.8) is 0 Å². The normalized spacial score (nSPS) is 12.4. The number of carbonyl (C=O) groups is 1. The lowest BCUT2D eigenvalue weighted by Gasteiger charge is -2.17. The summed E-state index contributed by atoms with van der Waals surface area (Å²) in [6.45, 7) is 5.70. The zero-order valence-electron chi connectivity index (χ0n) is 14.1. The van der Waals surface area contributed by atoms with Crippen molar-refractivity contribution in [1.29, 1.82) is 0 Å². The molecule has 1 unspecified atom stereocenters. The van der Waals surface area contributed by atoms with E-state index in [1.807, 2.05) is 38.1 Å². The summed E-state index contributed by atoms with van der Waals surface area (Å²) in [5.74, 6) is 0.755. The van der Waals surface area contributed by atoms with E-state index in [2.05, 4.69) is 41.6 Å². The molecule has 0 aliphatic heterocycles. The molecule has 1 amide bonds. The van der Waals surface area contributed by atoms with Crippen LogP contribution in [0.25, 0.3) is 11.3 Å². The van der Waals surface area contributed by atoms with Crippen LogP contribution in [0.2, 0.25) is 0 Å². The Bertz CT molecular complexity index is 869. The minimum Gasteiger partial charge on any atom is -0.339 e. The molecule has 2 N–H and O–H groups in total. The van der Waals surface area contributed by atoms with Crippen LogP contribution in [0.1, 0.15) is 42.1 Å². The van der Waals surface area contributed by atoms with Crippen LogP contribution in [0.4, 0.5) is 0 Å². The third kappa shape index (κ3) is 3.96. The number of aryl methyl sites for hydroxylation is 1. The van der Waals surface area contributed by atoms with E-state index in [0.29, 0.717) is 23.1 Å². The van der Waals surface area contributed by atoms with Crippen LogP contribution in [-0.2, 0) is 0 Å². The fraction of sp³-hybridized carbons (Fsp3) is 0.294. The number of hydrogen-bond donors (Lipinski definition) is 2. The molecule has 2 aromatic heterocycles. The van der Waals surface area contributed by atoms with Crippen LogP contribution < -0.4 is 5.32 Å². The van der Waals surface area contributed by atoms with E-state index < -0.39 is 0 Å². The smallest absolute Gasteiger partial charge is 0.269 e. The lowest BCUT2D eigenvalue weighted by molar-refractivity contribution is 0.0909. The largest absolute Gasteiger partial charge is 0.339 e. The van der Waals surface area contributed by atoms with Crippen LogP contribution >= 0.6 is 15.9 Å². The molecular formula is C17H18BrN5O2. The molecule has 130 valence electrons. The SMILES string of the molecule is Cc1noc(C(NC(=O)c2cc(-c3ccc(Br)cc3)n[nH]2)C(C)C)n1. The third-order valence-electron chi connectivity index (χ3n) is 3.73. The highest BCUT2D eigenvalue weighted by molar-refractivity contribution is 9.10.